The number of hydrogen-bond acceptors (Lipinski definition) is 4. The summed E-state index contributed by atoms with van der Waals surface area (Å²) < 4.78 is 5.49. The summed E-state index contributed by atoms with van der Waals surface area (Å²) in [4.78, 5) is 27.2. The standard InChI is InChI=1S/C24H28N2O3S/c1-29-21-13-7-6-12-20(21)26-23(28)16-30-24(26)18-10-4-5-11-19(18)25-22(27)15-14-17-8-2-3-9-17/h4-7,10-13,17,24H,2-3,8-9,14-16H2,1H3,(H,25,27)/t24-/m0/s1. The Bertz CT molecular complexity index is 911. The molecule has 1 aliphatic heterocycles. The monoisotopic (exact) mass is 424 g/mol. The second-order valence-corrected chi connectivity index (χ2v) is 8.99. The van der Waals surface area contributed by atoms with Crippen molar-refractivity contribution in [2.24, 2.45) is 5.92 Å². The predicted octanol–water partition coefficient (Wildman–Crippen LogP) is 5.38. The third-order valence-corrected chi connectivity index (χ3v) is 7.16. The molecule has 1 saturated heterocycles. The van der Waals surface area contributed by atoms with Crippen molar-refractivity contribution in [1.82, 2.24) is 0 Å². The van der Waals surface area contributed by atoms with Crippen molar-refractivity contribution < 1.29 is 14.3 Å². The molecule has 6 heteroatoms. The van der Waals surface area contributed by atoms with Crippen molar-refractivity contribution in [3.8, 4) is 5.75 Å². The first-order valence-corrected chi connectivity index (χ1v) is 11.7. The third kappa shape index (κ3) is 4.48. The lowest BCUT2D eigenvalue weighted by Gasteiger charge is -2.27. The summed E-state index contributed by atoms with van der Waals surface area (Å²) in [5, 5.41) is 2.90. The highest BCUT2D eigenvalue weighted by Crippen LogP contribution is 2.46. The second-order valence-electron chi connectivity index (χ2n) is 7.92. The quantitative estimate of drug-likeness (QED) is 0.648. The van der Waals surface area contributed by atoms with Crippen LogP contribution >= 0.6 is 11.8 Å². The normalized spacial score (nSPS) is 19.3. The van der Waals surface area contributed by atoms with Crippen LogP contribution in [0.5, 0.6) is 5.75 Å². The topological polar surface area (TPSA) is 58.6 Å². The highest BCUT2D eigenvalue weighted by molar-refractivity contribution is 8.00. The van der Waals surface area contributed by atoms with Crippen LogP contribution in [-0.4, -0.2) is 24.7 Å². The van der Waals surface area contributed by atoms with Gasteiger partial charge in [-0.1, -0.05) is 56.0 Å². The number of thioether (sulfide) groups is 1. The molecular formula is C24H28N2O3S. The van der Waals surface area contributed by atoms with Gasteiger partial charge < -0.3 is 10.1 Å². The lowest BCUT2D eigenvalue weighted by atomic mass is 10.0. The van der Waals surface area contributed by atoms with Crippen LogP contribution in [0.3, 0.4) is 0 Å². The number of benzene rings is 2. The lowest BCUT2D eigenvalue weighted by Crippen LogP contribution is -2.29. The maximum atomic E-state index is 12.8. The zero-order chi connectivity index (χ0) is 20.9. The van der Waals surface area contributed by atoms with Crippen molar-refractivity contribution in [3.05, 3.63) is 54.1 Å². The van der Waals surface area contributed by atoms with E-state index < -0.39 is 0 Å². The first-order valence-electron chi connectivity index (χ1n) is 10.6. The summed E-state index contributed by atoms with van der Waals surface area (Å²) >= 11 is 1.57. The van der Waals surface area contributed by atoms with Crippen LogP contribution in [0.15, 0.2) is 48.5 Å². The number of nitrogens with one attached hydrogen (secondary N) is 1. The summed E-state index contributed by atoms with van der Waals surface area (Å²) in [6.45, 7) is 0. The molecule has 0 spiro atoms. The summed E-state index contributed by atoms with van der Waals surface area (Å²) in [6.07, 6.45) is 6.59. The average molecular weight is 425 g/mol. The molecule has 1 heterocycles. The minimum absolute atomic E-state index is 0.0388. The number of carbonyl (C=O) groups excluding carboxylic acids is 2. The summed E-state index contributed by atoms with van der Waals surface area (Å²) in [6, 6.07) is 15.3. The molecule has 2 aromatic carbocycles. The van der Waals surface area contributed by atoms with Crippen molar-refractivity contribution in [2.75, 3.05) is 23.1 Å². The average Bonchev–Trinajstić information content (AvgIpc) is 3.42. The zero-order valence-electron chi connectivity index (χ0n) is 17.3. The van der Waals surface area contributed by atoms with Gasteiger partial charge in [-0.05, 0) is 30.5 Å². The molecule has 2 fully saturated rings. The number of para-hydroxylation sites is 3. The van der Waals surface area contributed by atoms with E-state index in [1.165, 1.54) is 25.7 Å². The molecule has 30 heavy (non-hydrogen) atoms. The Balaban J connectivity index is 1.54. The predicted molar refractivity (Wildman–Crippen MR) is 122 cm³/mol. The van der Waals surface area contributed by atoms with Crippen LogP contribution in [0.25, 0.3) is 0 Å². The molecule has 2 amide bonds. The van der Waals surface area contributed by atoms with Crippen LogP contribution in [0, 0.1) is 5.92 Å². The van der Waals surface area contributed by atoms with Gasteiger partial charge in [0.1, 0.15) is 11.1 Å². The van der Waals surface area contributed by atoms with Crippen LogP contribution in [0.1, 0.15) is 49.5 Å². The SMILES string of the molecule is COc1ccccc1N1C(=O)CS[C@H]1c1ccccc1NC(=O)CCC1CCCC1. The fourth-order valence-electron chi connectivity index (χ4n) is 4.42. The first-order chi connectivity index (χ1) is 14.7. The van der Waals surface area contributed by atoms with Crippen LogP contribution in [0.2, 0.25) is 0 Å². The highest BCUT2D eigenvalue weighted by Gasteiger charge is 2.36. The molecule has 1 saturated carbocycles. The van der Waals surface area contributed by atoms with Crippen molar-refractivity contribution in [3.63, 3.8) is 0 Å². The second kappa shape index (κ2) is 9.56. The Hall–Kier alpha value is -2.47. The van der Waals surface area contributed by atoms with E-state index in [0.29, 0.717) is 23.8 Å². The molecule has 0 unspecified atom stereocenters. The Morgan fingerprint density at radius 1 is 1.13 bits per heavy atom. The molecule has 2 aromatic rings. The Morgan fingerprint density at radius 2 is 1.87 bits per heavy atom. The van der Waals surface area contributed by atoms with Crippen LogP contribution in [0.4, 0.5) is 11.4 Å². The van der Waals surface area contributed by atoms with E-state index in [1.54, 1.807) is 23.8 Å². The molecule has 1 N–H and O–H groups in total. The number of ether oxygens (including phenoxy) is 1. The molecule has 4 rings (SSSR count). The molecule has 2 aliphatic rings. The summed E-state index contributed by atoms with van der Waals surface area (Å²) in [5.74, 6) is 1.84. The van der Waals surface area contributed by atoms with Gasteiger partial charge in [0, 0.05) is 17.7 Å². The number of amides is 2. The minimum Gasteiger partial charge on any atom is -0.495 e. The number of nitrogens with zero attached hydrogens (tertiary/aromatic N) is 1. The van der Waals surface area contributed by atoms with E-state index in [-0.39, 0.29) is 17.2 Å². The molecule has 0 bridgehead atoms. The highest BCUT2D eigenvalue weighted by atomic mass is 32.2. The van der Waals surface area contributed by atoms with E-state index in [9.17, 15) is 9.59 Å². The van der Waals surface area contributed by atoms with Crippen LogP contribution in [-0.2, 0) is 9.59 Å². The van der Waals surface area contributed by atoms with Crippen molar-refractivity contribution in [1.29, 1.82) is 0 Å². The van der Waals surface area contributed by atoms with Gasteiger partial charge in [0.25, 0.3) is 0 Å². The Kier molecular flexibility index (Phi) is 6.62. The summed E-state index contributed by atoms with van der Waals surface area (Å²) in [7, 11) is 1.61. The number of anilines is 2. The van der Waals surface area contributed by atoms with E-state index >= 15 is 0 Å². The van der Waals surface area contributed by atoms with Gasteiger partial charge in [0.15, 0.2) is 0 Å². The molecule has 0 radical (unpaired) electrons. The van der Waals surface area contributed by atoms with Crippen molar-refractivity contribution in [2.45, 2.75) is 43.9 Å². The molecule has 5 nitrogen and oxygen atoms in total. The Labute approximate surface area is 182 Å². The smallest absolute Gasteiger partial charge is 0.238 e. The number of rotatable bonds is 7. The number of methoxy groups -OCH3 is 1. The van der Waals surface area contributed by atoms with Gasteiger partial charge in [-0.25, -0.2) is 0 Å². The number of carbonyl (C=O) groups is 2. The van der Waals surface area contributed by atoms with Gasteiger partial charge in [-0.3, -0.25) is 14.5 Å². The molecule has 0 aromatic heterocycles. The fraction of sp³-hybridized carbons (Fsp3) is 0.417. The van der Waals surface area contributed by atoms with Crippen molar-refractivity contribution >= 4 is 35.0 Å². The molecule has 1 atom stereocenters. The number of hydrogen-bond donors (Lipinski definition) is 1. The third-order valence-electron chi connectivity index (χ3n) is 5.97. The first kappa shape index (κ1) is 20.8. The van der Waals surface area contributed by atoms with Crippen LogP contribution < -0.4 is 15.0 Å². The van der Waals surface area contributed by atoms with Gasteiger partial charge in [0.05, 0.1) is 18.6 Å². The molecule has 158 valence electrons. The van der Waals surface area contributed by atoms with Gasteiger partial charge >= 0.3 is 0 Å². The van der Waals surface area contributed by atoms with E-state index in [4.69, 9.17) is 4.74 Å². The summed E-state index contributed by atoms with van der Waals surface area (Å²) in [5.41, 5.74) is 2.47. The van der Waals surface area contributed by atoms with Gasteiger partial charge in [-0.2, -0.15) is 0 Å². The molecular weight excluding hydrogens is 396 g/mol. The fourth-order valence-corrected chi connectivity index (χ4v) is 5.62. The van der Waals surface area contributed by atoms with Gasteiger partial charge in [0.2, 0.25) is 11.8 Å². The Morgan fingerprint density at radius 3 is 2.67 bits per heavy atom. The zero-order valence-corrected chi connectivity index (χ0v) is 18.1. The van der Waals surface area contributed by atoms with E-state index in [0.717, 1.165) is 23.4 Å². The molecule has 1 aliphatic carbocycles. The van der Waals surface area contributed by atoms with E-state index in [2.05, 4.69) is 5.32 Å². The van der Waals surface area contributed by atoms with E-state index in [1.807, 2.05) is 48.5 Å². The maximum absolute atomic E-state index is 12.8. The maximum Gasteiger partial charge on any atom is 0.238 e. The largest absolute Gasteiger partial charge is 0.495 e. The minimum atomic E-state index is -0.208. The van der Waals surface area contributed by atoms with Gasteiger partial charge in [-0.15, -0.1) is 11.8 Å². The lowest BCUT2D eigenvalue weighted by molar-refractivity contribution is -0.117.